The Morgan fingerprint density at radius 3 is 2.78 bits per heavy atom. The Morgan fingerprint density at radius 2 is 2.11 bits per heavy atom. The first-order chi connectivity index (χ1) is 8.69. The van der Waals surface area contributed by atoms with E-state index < -0.39 is 0 Å². The van der Waals surface area contributed by atoms with E-state index in [1.807, 2.05) is 18.2 Å². The predicted molar refractivity (Wildman–Crippen MR) is 75.7 cm³/mol. The van der Waals surface area contributed by atoms with Gasteiger partial charge in [0.15, 0.2) is 0 Å². The zero-order chi connectivity index (χ0) is 13.0. The third-order valence-electron chi connectivity index (χ3n) is 3.61. The molecule has 0 aromatic heterocycles. The van der Waals surface area contributed by atoms with Crippen molar-refractivity contribution in [1.29, 1.82) is 0 Å². The average molecular weight is 269 g/mol. The molecule has 0 radical (unpaired) electrons. The smallest absolute Gasteiger partial charge is 0.0491 e. The maximum atomic E-state index is 6.01. The van der Waals surface area contributed by atoms with E-state index in [0.29, 0.717) is 5.92 Å². The highest BCUT2D eigenvalue weighted by atomic mass is 35.5. The highest BCUT2D eigenvalue weighted by Gasteiger charge is 2.19. The Hall–Kier alpha value is -0.770. The molecule has 0 unspecified atom stereocenters. The van der Waals surface area contributed by atoms with Gasteiger partial charge in [0, 0.05) is 31.0 Å². The van der Waals surface area contributed by atoms with Gasteiger partial charge in [-0.1, -0.05) is 11.6 Å². The summed E-state index contributed by atoms with van der Waals surface area (Å²) in [4.78, 5) is 2.44. The topological polar surface area (TPSA) is 38.5 Å². The molecule has 3 nitrogen and oxygen atoms in total. The van der Waals surface area contributed by atoms with Crippen molar-refractivity contribution >= 4 is 17.3 Å². The summed E-state index contributed by atoms with van der Waals surface area (Å²) >= 11 is 6.01. The molecule has 1 aromatic carbocycles. The van der Waals surface area contributed by atoms with E-state index in [2.05, 4.69) is 4.90 Å². The quantitative estimate of drug-likeness (QED) is 0.854. The van der Waals surface area contributed by atoms with Gasteiger partial charge in [-0.3, -0.25) is 4.90 Å². The van der Waals surface area contributed by atoms with Crippen molar-refractivity contribution in [2.24, 2.45) is 5.92 Å². The van der Waals surface area contributed by atoms with Crippen LogP contribution in [-0.2, 0) is 11.3 Å². The number of rotatable bonds is 4. The van der Waals surface area contributed by atoms with E-state index in [1.54, 1.807) is 7.11 Å². The fourth-order valence-corrected chi connectivity index (χ4v) is 2.69. The monoisotopic (exact) mass is 268 g/mol. The fraction of sp³-hybridized carbons (Fsp3) is 0.571. The molecule has 100 valence electrons. The zero-order valence-electron chi connectivity index (χ0n) is 10.9. The van der Waals surface area contributed by atoms with Crippen LogP contribution in [0.3, 0.4) is 0 Å². The Kier molecular flexibility index (Phi) is 4.87. The second kappa shape index (κ2) is 6.41. The number of benzene rings is 1. The number of ether oxygens (including phenoxy) is 1. The van der Waals surface area contributed by atoms with Gasteiger partial charge in [-0.25, -0.2) is 0 Å². The van der Waals surface area contributed by atoms with Crippen LogP contribution in [0.25, 0.3) is 0 Å². The summed E-state index contributed by atoms with van der Waals surface area (Å²) in [5.41, 5.74) is 7.94. The average Bonchev–Trinajstić information content (AvgIpc) is 2.37. The largest absolute Gasteiger partial charge is 0.398 e. The van der Waals surface area contributed by atoms with E-state index in [0.717, 1.165) is 42.5 Å². The molecule has 4 heteroatoms. The first-order valence-electron chi connectivity index (χ1n) is 6.44. The molecule has 1 heterocycles. The zero-order valence-corrected chi connectivity index (χ0v) is 11.6. The van der Waals surface area contributed by atoms with Crippen LogP contribution in [0.5, 0.6) is 0 Å². The second-order valence-corrected chi connectivity index (χ2v) is 5.45. The SMILES string of the molecule is COCC1CCN(Cc2cc(Cl)ccc2N)CC1. The van der Waals surface area contributed by atoms with Gasteiger partial charge in [-0.05, 0) is 55.6 Å². The lowest BCUT2D eigenvalue weighted by molar-refractivity contribution is 0.0969. The molecule has 1 aliphatic rings. The number of anilines is 1. The number of nitrogens with two attached hydrogens (primary N) is 1. The minimum Gasteiger partial charge on any atom is -0.398 e. The van der Waals surface area contributed by atoms with Gasteiger partial charge in [-0.15, -0.1) is 0 Å². The van der Waals surface area contributed by atoms with E-state index in [4.69, 9.17) is 22.1 Å². The molecule has 0 bridgehead atoms. The van der Waals surface area contributed by atoms with Crippen LogP contribution >= 0.6 is 11.6 Å². The second-order valence-electron chi connectivity index (χ2n) is 5.02. The van der Waals surface area contributed by atoms with E-state index >= 15 is 0 Å². The molecule has 0 atom stereocenters. The Bertz CT molecular complexity index is 389. The van der Waals surface area contributed by atoms with Crippen molar-refractivity contribution in [1.82, 2.24) is 4.90 Å². The molecule has 2 rings (SSSR count). The van der Waals surface area contributed by atoms with Crippen molar-refractivity contribution < 1.29 is 4.74 Å². The van der Waals surface area contributed by atoms with Crippen molar-refractivity contribution in [3.05, 3.63) is 28.8 Å². The standard InChI is InChI=1S/C14H21ClN2O/c1-18-10-11-4-6-17(7-5-11)9-12-8-13(15)2-3-14(12)16/h2-3,8,11H,4-7,9-10,16H2,1H3. The van der Waals surface area contributed by atoms with Gasteiger partial charge in [0.1, 0.15) is 0 Å². The summed E-state index contributed by atoms with van der Waals surface area (Å²) in [6.45, 7) is 4.00. The molecule has 0 saturated carbocycles. The number of nitrogens with zero attached hydrogens (tertiary/aromatic N) is 1. The fourth-order valence-electron chi connectivity index (χ4n) is 2.50. The van der Waals surface area contributed by atoms with Crippen LogP contribution in [0.4, 0.5) is 5.69 Å². The number of likely N-dealkylation sites (tertiary alicyclic amines) is 1. The van der Waals surface area contributed by atoms with Crippen LogP contribution in [0.1, 0.15) is 18.4 Å². The molecule has 1 aliphatic heterocycles. The number of methoxy groups -OCH3 is 1. The lowest BCUT2D eigenvalue weighted by Gasteiger charge is -2.31. The first-order valence-corrected chi connectivity index (χ1v) is 6.82. The lowest BCUT2D eigenvalue weighted by atomic mass is 9.97. The van der Waals surface area contributed by atoms with Gasteiger partial charge in [-0.2, -0.15) is 0 Å². The number of piperidine rings is 1. The summed E-state index contributed by atoms with van der Waals surface area (Å²) in [5.74, 6) is 0.711. The maximum absolute atomic E-state index is 6.01. The van der Waals surface area contributed by atoms with Crippen molar-refractivity contribution in [3.8, 4) is 0 Å². The Labute approximate surface area is 114 Å². The Balaban J connectivity index is 1.89. The normalized spacial score (nSPS) is 18.1. The predicted octanol–water partition coefficient (Wildman–Crippen LogP) is 2.78. The molecule has 1 fully saturated rings. The molecular formula is C14H21ClN2O. The van der Waals surface area contributed by atoms with Crippen molar-refractivity contribution in [3.63, 3.8) is 0 Å². The molecule has 0 amide bonds. The number of hydrogen-bond acceptors (Lipinski definition) is 3. The molecule has 2 N–H and O–H groups in total. The van der Waals surface area contributed by atoms with Crippen LogP contribution in [0.2, 0.25) is 5.02 Å². The summed E-state index contributed by atoms with van der Waals surface area (Å²) in [6, 6.07) is 5.69. The molecule has 0 aliphatic carbocycles. The minimum atomic E-state index is 0.711. The molecule has 1 saturated heterocycles. The highest BCUT2D eigenvalue weighted by Crippen LogP contribution is 2.23. The summed E-state index contributed by atoms with van der Waals surface area (Å²) in [6.07, 6.45) is 2.41. The van der Waals surface area contributed by atoms with E-state index in [1.165, 1.54) is 12.8 Å². The van der Waals surface area contributed by atoms with Gasteiger partial charge in [0.2, 0.25) is 0 Å². The third kappa shape index (κ3) is 3.61. The first kappa shape index (κ1) is 13.7. The van der Waals surface area contributed by atoms with Crippen molar-refractivity contribution in [2.75, 3.05) is 32.5 Å². The van der Waals surface area contributed by atoms with Crippen LogP contribution in [0, 0.1) is 5.92 Å². The summed E-state index contributed by atoms with van der Waals surface area (Å²) in [5, 5.41) is 0.758. The Morgan fingerprint density at radius 1 is 1.39 bits per heavy atom. The molecular weight excluding hydrogens is 248 g/mol. The third-order valence-corrected chi connectivity index (χ3v) is 3.84. The van der Waals surface area contributed by atoms with E-state index in [-0.39, 0.29) is 0 Å². The maximum Gasteiger partial charge on any atom is 0.0491 e. The molecule has 1 aromatic rings. The number of halogens is 1. The van der Waals surface area contributed by atoms with Crippen LogP contribution < -0.4 is 5.73 Å². The number of nitrogen functional groups attached to an aromatic ring is 1. The summed E-state index contributed by atoms with van der Waals surface area (Å²) in [7, 11) is 1.78. The van der Waals surface area contributed by atoms with Gasteiger partial charge in [0.05, 0.1) is 0 Å². The highest BCUT2D eigenvalue weighted by molar-refractivity contribution is 6.30. The van der Waals surface area contributed by atoms with Crippen LogP contribution in [-0.4, -0.2) is 31.7 Å². The van der Waals surface area contributed by atoms with Gasteiger partial charge >= 0.3 is 0 Å². The lowest BCUT2D eigenvalue weighted by Crippen LogP contribution is -2.34. The van der Waals surface area contributed by atoms with Gasteiger partial charge < -0.3 is 10.5 Å². The molecule has 0 spiro atoms. The van der Waals surface area contributed by atoms with Crippen LogP contribution in [0.15, 0.2) is 18.2 Å². The van der Waals surface area contributed by atoms with E-state index in [9.17, 15) is 0 Å². The minimum absolute atomic E-state index is 0.711. The van der Waals surface area contributed by atoms with Gasteiger partial charge in [0.25, 0.3) is 0 Å². The van der Waals surface area contributed by atoms with Crippen molar-refractivity contribution in [2.45, 2.75) is 19.4 Å². The summed E-state index contributed by atoms with van der Waals surface area (Å²) < 4.78 is 5.21. The number of hydrogen-bond donors (Lipinski definition) is 1. The molecule has 18 heavy (non-hydrogen) atoms.